The Labute approximate surface area is 155 Å². The van der Waals surface area contributed by atoms with E-state index in [1.165, 1.54) is 31.3 Å². The molecule has 0 saturated carbocycles. The van der Waals surface area contributed by atoms with E-state index in [0.717, 1.165) is 24.1 Å². The summed E-state index contributed by atoms with van der Waals surface area (Å²) >= 11 is 0. The Morgan fingerprint density at radius 2 is 2.08 bits per heavy atom. The number of allylic oxidation sites excluding steroid dienone is 1. The molecule has 2 N–H and O–H groups in total. The number of benzene rings is 1. The first kappa shape index (κ1) is 18.1. The van der Waals surface area contributed by atoms with Gasteiger partial charge in [0.15, 0.2) is 0 Å². The number of carbonyl (C=O) groups excluding carboxylic acids is 1. The highest BCUT2D eigenvalue weighted by atomic mass is 16.1. The Hall–Kier alpha value is -2.69. The predicted octanol–water partition coefficient (Wildman–Crippen LogP) is 4.02. The monoisotopic (exact) mass is 350 g/mol. The number of nitrogens with one attached hydrogen (secondary N) is 2. The number of amides is 1. The summed E-state index contributed by atoms with van der Waals surface area (Å²) in [6.45, 7) is 3.32. The average molecular weight is 350 g/mol. The van der Waals surface area contributed by atoms with Crippen LogP contribution >= 0.6 is 0 Å². The lowest BCUT2D eigenvalue weighted by Crippen LogP contribution is -2.24. The first-order valence-electron chi connectivity index (χ1n) is 9.30. The van der Waals surface area contributed by atoms with Gasteiger partial charge in [-0.05, 0) is 56.2 Å². The van der Waals surface area contributed by atoms with Gasteiger partial charge in [-0.1, -0.05) is 35.9 Å². The van der Waals surface area contributed by atoms with Crippen LogP contribution in [0.2, 0.25) is 0 Å². The first-order valence-corrected chi connectivity index (χ1v) is 9.30. The third-order valence-corrected chi connectivity index (χ3v) is 4.70. The average Bonchev–Trinajstić information content (AvgIpc) is 2.68. The fourth-order valence-corrected chi connectivity index (χ4v) is 3.11. The summed E-state index contributed by atoms with van der Waals surface area (Å²) in [5.74, 6) is 0.318. The Balaban J connectivity index is 1.52. The summed E-state index contributed by atoms with van der Waals surface area (Å²) in [4.78, 5) is 20.9. The van der Waals surface area contributed by atoms with Gasteiger partial charge in [0.05, 0.1) is 0 Å². The molecule has 1 aliphatic carbocycles. The standard InChI is InChI=1S/C21H26N4O/c1-16-7-5-6-10-18(16)15-24-20(26)19-12-14-23-21(25-19)22-13-11-17-8-3-2-4-9-17/h5-8,10,12,14H,2-4,9,11,13,15H2,1H3,(H,24,26)(H,22,23,25). The minimum Gasteiger partial charge on any atom is -0.354 e. The minimum atomic E-state index is -0.186. The van der Waals surface area contributed by atoms with E-state index in [0.29, 0.717) is 18.2 Å². The second kappa shape index (κ2) is 9.13. The van der Waals surface area contributed by atoms with Gasteiger partial charge in [0, 0.05) is 19.3 Å². The van der Waals surface area contributed by atoms with E-state index in [1.54, 1.807) is 12.3 Å². The molecule has 1 aliphatic rings. The molecule has 0 radical (unpaired) electrons. The Bertz CT molecular complexity index is 785. The van der Waals surface area contributed by atoms with Crippen LogP contribution in [0.25, 0.3) is 0 Å². The molecule has 26 heavy (non-hydrogen) atoms. The van der Waals surface area contributed by atoms with Crippen molar-refractivity contribution < 1.29 is 4.79 Å². The highest BCUT2D eigenvalue weighted by molar-refractivity contribution is 5.92. The molecule has 0 fully saturated rings. The van der Waals surface area contributed by atoms with Crippen molar-refractivity contribution >= 4 is 11.9 Å². The summed E-state index contributed by atoms with van der Waals surface area (Å²) < 4.78 is 0. The van der Waals surface area contributed by atoms with Crippen LogP contribution < -0.4 is 10.6 Å². The number of nitrogens with zero attached hydrogens (tertiary/aromatic N) is 2. The molecule has 1 amide bonds. The van der Waals surface area contributed by atoms with Crippen molar-refractivity contribution in [1.29, 1.82) is 0 Å². The van der Waals surface area contributed by atoms with Crippen LogP contribution in [-0.4, -0.2) is 22.4 Å². The van der Waals surface area contributed by atoms with Gasteiger partial charge in [-0.2, -0.15) is 0 Å². The van der Waals surface area contributed by atoms with Gasteiger partial charge in [0.2, 0.25) is 5.95 Å². The number of hydrogen-bond donors (Lipinski definition) is 2. The smallest absolute Gasteiger partial charge is 0.270 e. The van der Waals surface area contributed by atoms with Crippen molar-refractivity contribution in [2.45, 2.75) is 45.6 Å². The van der Waals surface area contributed by atoms with Crippen LogP contribution in [0.1, 0.15) is 53.7 Å². The van der Waals surface area contributed by atoms with Crippen molar-refractivity contribution in [1.82, 2.24) is 15.3 Å². The molecular formula is C21H26N4O. The van der Waals surface area contributed by atoms with Crippen molar-refractivity contribution in [3.8, 4) is 0 Å². The molecule has 136 valence electrons. The first-order chi connectivity index (χ1) is 12.7. The second-order valence-corrected chi connectivity index (χ2v) is 6.66. The third kappa shape index (κ3) is 5.15. The van der Waals surface area contributed by atoms with E-state index in [1.807, 2.05) is 31.2 Å². The summed E-state index contributed by atoms with van der Waals surface area (Å²) in [5, 5.41) is 6.15. The molecule has 2 aromatic rings. The van der Waals surface area contributed by atoms with Crippen molar-refractivity contribution in [3.63, 3.8) is 0 Å². The number of anilines is 1. The van der Waals surface area contributed by atoms with Crippen LogP contribution in [0.5, 0.6) is 0 Å². The molecule has 0 spiro atoms. The van der Waals surface area contributed by atoms with E-state index >= 15 is 0 Å². The fourth-order valence-electron chi connectivity index (χ4n) is 3.11. The number of carbonyl (C=O) groups is 1. The maximum absolute atomic E-state index is 12.4. The molecule has 3 rings (SSSR count). The molecule has 5 nitrogen and oxygen atoms in total. The molecule has 1 aromatic carbocycles. The minimum absolute atomic E-state index is 0.186. The topological polar surface area (TPSA) is 66.9 Å². The van der Waals surface area contributed by atoms with Crippen molar-refractivity contribution in [3.05, 3.63) is 65.0 Å². The Morgan fingerprint density at radius 1 is 1.19 bits per heavy atom. The van der Waals surface area contributed by atoms with Gasteiger partial charge >= 0.3 is 0 Å². The molecule has 0 bridgehead atoms. The zero-order valence-electron chi connectivity index (χ0n) is 15.3. The quantitative estimate of drug-likeness (QED) is 0.740. The number of rotatable bonds is 7. The number of aryl methyl sites for hydroxylation is 1. The zero-order chi connectivity index (χ0) is 18.2. The van der Waals surface area contributed by atoms with Gasteiger partial charge in [-0.3, -0.25) is 4.79 Å². The summed E-state index contributed by atoms with van der Waals surface area (Å²) in [7, 11) is 0. The van der Waals surface area contributed by atoms with Gasteiger partial charge in [-0.25, -0.2) is 9.97 Å². The molecule has 0 unspecified atom stereocenters. The Kier molecular flexibility index (Phi) is 6.36. The van der Waals surface area contributed by atoms with E-state index in [4.69, 9.17) is 0 Å². The highest BCUT2D eigenvalue weighted by Gasteiger charge is 2.09. The van der Waals surface area contributed by atoms with Crippen molar-refractivity contribution in [2.24, 2.45) is 0 Å². The zero-order valence-corrected chi connectivity index (χ0v) is 15.3. The SMILES string of the molecule is Cc1ccccc1CNC(=O)c1ccnc(NCCC2=CCCCC2)n1. The molecule has 5 heteroatoms. The normalized spacial score (nSPS) is 13.8. The van der Waals surface area contributed by atoms with E-state index in [2.05, 4.69) is 26.7 Å². The predicted molar refractivity (Wildman–Crippen MR) is 104 cm³/mol. The van der Waals surface area contributed by atoms with Crippen LogP contribution in [-0.2, 0) is 6.54 Å². The van der Waals surface area contributed by atoms with Gasteiger partial charge < -0.3 is 10.6 Å². The largest absolute Gasteiger partial charge is 0.354 e. The number of hydrogen-bond acceptors (Lipinski definition) is 4. The second-order valence-electron chi connectivity index (χ2n) is 6.66. The van der Waals surface area contributed by atoms with Crippen LogP contribution in [0.4, 0.5) is 5.95 Å². The molecule has 0 saturated heterocycles. The lowest BCUT2D eigenvalue weighted by molar-refractivity contribution is 0.0946. The lowest BCUT2D eigenvalue weighted by Gasteiger charge is -2.13. The van der Waals surface area contributed by atoms with Crippen molar-refractivity contribution in [2.75, 3.05) is 11.9 Å². The van der Waals surface area contributed by atoms with Crippen LogP contribution in [0.15, 0.2) is 48.2 Å². The highest BCUT2D eigenvalue weighted by Crippen LogP contribution is 2.19. The maximum atomic E-state index is 12.4. The summed E-state index contributed by atoms with van der Waals surface area (Å²) in [6, 6.07) is 9.66. The molecule has 1 aromatic heterocycles. The van der Waals surface area contributed by atoms with E-state index < -0.39 is 0 Å². The maximum Gasteiger partial charge on any atom is 0.270 e. The number of aromatic nitrogens is 2. The summed E-state index contributed by atoms with van der Waals surface area (Å²) in [6.07, 6.45) is 9.97. The van der Waals surface area contributed by atoms with Gasteiger partial charge in [0.25, 0.3) is 5.91 Å². The molecule has 0 aliphatic heterocycles. The van der Waals surface area contributed by atoms with Crippen LogP contribution in [0, 0.1) is 6.92 Å². The molecule has 1 heterocycles. The fraction of sp³-hybridized carbons (Fsp3) is 0.381. The van der Waals surface area contributed by atoms with Crippen LogP contribution in [0.3, 0.4) is 0 Å². The lowest BCUT2D eigenvalue weighted by atomic mass is 9.97. The molecule has 0 atom stereocenters. The Morgan fingerprint density at radius 3 is 2.88 bits per heavy atom. The molecular weight excluding hydrogens is 324 g/mol. The van der Waals surface area contributed by atoms with E-state index in [-0.39, 0.29) is 5.91 Å². The summed E-state index contributed by atoms with van der Waals surface area (Å²) in [5.41, 5.74) is 4.16. The van der Waals surface area contributed by atoms with Gasteiger partial charge in [-0.15, -0.1) is 0 Å². The van der Waals surface area contributed by atoms with E-state index in [9.17, 15) is 4.79 Å². The third-order valence-electron chi connectivity index (χ3n) is 4.70. The van der Waals surface area contributed by atoms with Gasteiger partial charge in [0.1, 0.15) is 5.69 Å².